The number of hydrogen-bond donors (Lipinski definition) is 1. The lowest BCUT2D eigenvalue weighted by atomic mass is 10.1. The van der Waals surface area contributed by atoms with Crippen LogP contribution in [0, 0.1) is 14.9 Å². The number of rotatable bonds is 10. The van der Waals surface area contributed by atoms with E-state index >= 15 is 0 Å². The molecule has 1 saturated heterocycles. The first-order chi connectivity index (χ1) is 21.1. The molecule has 1 aliphatic heterocycles. The van der Waals surface area contributed by atoms with E-state index in [1.54, 1.807) is 17.0 Å². The molecule has 1 atom stereocenters. The maximum atomic E-state index is 12.6. The summed E-state index contributed by atoms with van der Waals surface area (Å²) in [5.74, 6) is 1.33. The van der Waals surface area contributed by atoms with Gasteiger partial charge in [0.2, 0.25) is 0 Å². The summed E-state index contributed by atoms with van der Waals surface area (Å²) in [5, 5.41) is 12.2. The Morgan fingerprint density at radius 3 is 2.39 bits per heavy atom. The smallest absolute Gasteiger partial charge is 0.410 e. The van der Waals surface area contributed by atoms with Crippen LogP contribution in [-0.2, 0) is 22.5 Å². The normalized spacial score (nSPS) is 14.2. The fraction of sp³-hybridized carbons (Fsp3) is 0.382. The fourth-order valence-electron chi connectivity index (χ4n) is 4.65. The summed E-state index contributed by atoms with van der Waals surface area (Å²) in [6.45, 7) is 7.04. The topological polar surface area (TPSA) is 110 Å². The van der Waals surface area contributed by atoms with Crippen molar-refractivity contribution < 1.29 is 28.5 Å². The molecular formula is C34H38IN3O6. The standard InChI is InChI=1S/C34H38IN3O6/c1-34(2,3)44-32(39)37-27(23-41-31-20-26(21-36)11-14-30(31)35)19-24-9-12-28(13-10-24)43-29-15-17-38(18-16-29)33(40)42-22-25-7-5-4-6-8-25/h4-14,20,27,29H,15-19,22-23H2,1-3H3,(H,37,39)/t27-/m0/s1. The van der Waals surface area contributed by atoms with Crippen molar-refractivity contribution in [2.45, 2.75) is 64.4 Å². The van der Waals surface area contributed by atoms with E-state index < -0.39 is 11.7 Å². The molecule has 10 heteroatoms. The molecule has 3 aromatic rings. The maximum Gasteiger partial charge on any atom is 0.410 e. The van der Waals surface area contributed by atoms with Crippen LogP contribution < -0.4 is 14.8 Å². The van der Waals surface area contributed by atoms with Gasteiger partial charge in [-0.2, -0.15) is 5.26 Å². The van der Waals surface area contributed by atoms with Crippen LogP contribution in [0.25, 0.3) is 0 Å². The summed E-state index contributed by atoms with van der Waals surface area (Å²) in [7, 11) is 0. The zero-order valence-corrected chi connectivity index (χ0v) is 27.4. The average Bonchev–Trinajstić information content (AvgIpc) is 3.00. The zero-order chi connectivity index (χ0) is 31.5. The largest absolute Gasteiger partial charge is 0.490 e. The second kappa shape index (κ2) is 15.7. The number of amides is 2. The van der Waals surface area contributed by atoms with Crippen LogP contribution in [0.2, 0.25) is 0 Å². The van der Waals surface area contributed by atoms with Gasteiger partial charge in [-0.15, -0.1) is 0 Å². The van der Waals surface area contributed by atoms with Crippen molar-refractivity contribution in [3.8, 4) is 17.6 Å². The summed E-state index contributed by atoms with van der Waals surface area (Å²) < 4.78 is 24.1. The van der Waals surface area contributed by atoms with Crippen LogP contribution in [-0.4, -0.2) is 54.5 Å². The van der Waals surface area contributed by atoms with Crippen LogP contribution in [0.3, 0.4) is 0 Å². The van der Waals surface area contributed by atoms with E-state index in [4.69, 9.17) is 18.9 Å². The van der Waals surface area contributed by atoms with Gasteiger partial charge >= 0.3 is 12.2 Å². The van der Waals surface area contributed by atoms with Gasteiger partial charge in [0.15, 0.2) is 0 Å². The third-order valence-electron chi connectivity index (χ3n) is 6.83. The molecule has 0 saturated carbocycles. The number of carbonyl (C=O) groups excluding carboxylic acids is 2. The lowest BCUT2D eigenvalue weighted by molar-refractivity contribution is 0.0487. The second-order valence-corrected chi connectivity index (χ2v) is 12.8. The third kappa shape index (κ3) is 10.6. The Morgan fingerprint density at radius 2 is 1.73 bits per heavy atom. The zero-order valence-electron chi connectivity index (χ0n) is 25.3. The van der Waals surface area contributed by atoms with Crippen LogP contribution in [0.15, 0.2) is 72.8 Å². The van der Waals surface area contributed by atoms with Crippen molar-refractivity contribution >= 4 is 34.8 Å². The first-order valence-corrected chi connectivity index (χ1v) is 15.7. The highest BCUT2D eigenvalue weighted by molar-refractivity contribution is 14.1. The van der Waals surface area contributed by atoms with Crippen molar-refractivity contribution in [1.29, 1.82) is 5.26 Å². The molecule has 0 aliphatic carbocycles. The van der Waals surface area contributed by atoms with Crippen molar-refractivity contribution in [2.24, 2.45) is 0 Å². The Morgan fingerprint density at radius 1 is 1.02 bits per heavy atom. The Balaban J connectivity index is 1.29. The molecule has 0 radical (unpaired) electrons. The molecule has 0 bridgehead atoms. The minimum atomic E-state index is -0.635. The predicted octanol–water partition coefficient (Wildman–Crippen LogP) is 6.86. The van der Waals surface area contributed by atoms with Crippen LogP contribution in [0.4, 0.5) is 9.59 Å². The van der Waals surface area contributed by atoms with E-state index in [9.17, 15) is 14.9 Å². The number of ether oxygens (including phenoxy) is 4. The number of halogens is 1. The number of hydrogen-bond acceptors (Lipinski definition) is 7. The molecule has 1 aliphatic rings. The summed E-state index contributed by atoms with van der Waals surface area (Å²) >= 11 is 2.16. The van der Waals surface area contributed by atoms with Gasteiger partial charge in [0, 0.05) is 25.9 Å². The Hall–Kier alpha value is -3.98. The van der Waals surface area contributed by atoms with Gasteiger partial charge in [0.05, 0.1) is 21.2 Å². The SMILES string of the molecule is CC(C)(C)OC(=O)N[C@H](COc1cc(C#N)ccc1I)Cc1ccc(OC2CCN(C(=O)OCc3ccccc3)CC2)cc1. The lowest BCUT2D eigenvalue weighted by Gasteiger charge is -2.31. The highest BCUT2D eigenvalue weighted by Crippen LogP contribution is 2.24. The summed E-state index contributed by atoms with van der Waals surface area (Å²) in [4.78, 5) is 26.8. The molecular weight excluding hydrogens is 673 g/mol. The molecule has 0 aromatic heterocycles. The van der Waals surface area contributed by atoms with Crippen molar-refractivity contribution in [3.05, 3.63) is 93.1 Å². The summed E-state index contributed by atoms with van der Waals surface area (Å²) in [6.07, 6.45) is 1.10. The number of nitrogens with one attached hydrogen (secondary N) is 1. The number of likely N-dealkylation sites (tertiary alicyclic amines) is 1. The number of alkyl carbamates (subject to hydrolysis) is 1. The molecule has 44 heavy (non-hydrogen) atoms. The Kier molecular flexibility index (Phi) is 11.7. The molecule has 1 heterocycles. The quantitative estimate of drug-likeness (QED) is 0.229. The number of nitrogens with zero attached hydrogens (tertiary/aromatic N) is 2. The van der Waals surface area contributed by atoms with E-state index in [-0.39, 0.29) is 31.5 Å². The molecule has 1 fully saturated rings. The molecule has 0 unspecified atom stereocenters. The first kappa shape index (κ1) is 32.9. The molecule has 2 amide bonds. The van der Waals surface area contributed by atoms with Crippen LogP contribution in [0.1, 0.15) is 50.3 Å². The molecule has 9 nitrogen and oxygen atoms in total. The van der Waals surface area contributed by atoms with Gasteiger partial charge in [0.25, 0.3) is 0 Å². The second-order valence-electron chi connectivity index (χ2n) is 11.6. The van der Waals surface area contributed by atoms with Gasteiger partial charge in [-0.05, 0) is 91.2 Å². The lowest BCUT2D eigenvalue weighted by Crippen LogP contribution is -2.43. The van der Waals surface area contributed by atoms with Gasteiger partial charge in [-0.1, -0.05) is 42.5 Å². The number of benzene rings is 3. The van der Waals surface area contributed by atoms with Gasteiger partial charge in [0.1, 0.15) is 36.4 Å². The van der Waals surface area contributed by atoms with E-state index in [2.05, 4.69) is 34.0 Å². The summed E-state index contributed by atoms with van der Waals surface area (Å²) in [6, 6.07) is 24.4. The number of nitriles is 1. The van der Waals surface area contributed by atoms with E-state index in [1.807, 2.05) is 81.4 Å². The molecule has 0 spiro atoms. The van der Waals surface area contributed by atoms with Gasteiger partial charge in [-0.25, -0.2) is 9.59 Å². The van der Waals surface area contributed by atoms with Crippen LogP contribution >= 0.6 is 22.6 Å². The van der Waals surface area contributed by atoms with Crippen molar-refractivity contribution in [2.75, 3.05) is 19.7 Å². The molecule has 4 rings (SSSR count). The number of carbonyl (C=O) groups is 2. The van der Waals surface area contributed by atoms with Gasteiger partial charge < -0.3 is 29.2 Å². The highest BCUT2D eigenvalue weighted by Gasteiger charge is 2.25. The minimum absolute atomic E-state index is 0.000605. The van der Waals surface area contributed by atoms with E-state index in [1.165, 1.54) is 0 Å². The van der Waals surface area contributed by atoms with Crippen molar-refractivity contribution in [3.63, 3.8) is 0 Å². The molecule has 1 N–H and O–H groups in total. The Labute approximate surface area is 272 Å². The molecule has 232 valence electrons. The monoisotopic (exact) mass is 711 g/mol. The summed E-state index contributed by atoms with van der Waals surface area (Å²) in [5.41, 5.74) is 1.81. The van der Waals surface area contributed by atoms with Crippen LogP contribution in [0.5, 0.6) is 11.5 Å². The number of piperidine rings is 1. The Bertz CT molecular complexity index is 1430. The fourth-order valence-corrected chi connectivity index (χ4v) is 5.14. The third-order valence-corrected chi connectivity index (χ3v) is 7.73. The highest BCUT2D eigenvalue weighted by atomic mass is 127. The predicted molar refractivity (Wildman–Crippen MR) is 175 cm³/mol. The molecule has 3 aromatic carbocycles. The average molecular weight is 712 g/mol. The van der Waals surface area contributed by atoms with Crippen molar-refractivity contribution in [1.82, 2.24) is 10.2 Å². The van der Waals surface area contributed by atoms with E-state index in [0.29, 0.717) is 43.7 Å². The first-order valence-electron chi connectivity index (χ1n) is 14.6. The minimum Gasteiger partial charge on any atom is -0.490 e. The van der Waals surface area contributed by atoms with E-state index in [0.717, 1.165) is 20.4 Å². The van der Waals surface area contributed by atoms with Gasteiger partial charge in [-0.3, -0.25) is 0 Å². The maximum absolute atomic E-state index is 12.6.